The Morgan fingerprint density at radius 1 is 1.42 bits per heavy atom. The van der Waals surface area contributed by atoms with Crippen LogP contribution in [-0.4, -0.2) is 17.0 Å². The Morgan fingerprint density at radius 3 is 2.63 bits per heavy atom. The quantitative estimate of drug-likeness (QED) is 0.787. The van der Waals surface area contributed by atoms with Crippen molar-refractivity contribution < 1.29 is 4.39 Å². The van der Waals surface area contributed by atoms with Gasteiger partial charge in [0.15, 0.2) is 11.0 Å². The average Bonchev–Trinajstić information content (AvgIpc) is 2.72. The second-order valence-electron chi connectivity index (χ2n) is 4.91. The molecule has 1 aromatic rings. The minimum atomic E-state index is -0.590. The molecule has 0 amide bonds. The molecule has 19 heavy (non-hydrogen) atoms. The highest BCUT2D eigenvalue weighted by Gasteiger charge is 2.19. The molecule has 1 aromatic carbocycles. The molecule has 0 aromatic heterocycles. The summed E-state index contributed by atoms with van der Waals surface area (Å²) >= 11 is 13.2. The van der Waals surface area contributed by atoms with Crippen LogP contribution >= 0.6 is 35.0 Å². The Bertz CT molecular complexity index is 482. The topological polar surface area (TPSA) is 24.4 Å². The largest absolute Gasteiger partial charge is 0.335 e. The van der Waals surface area contributed by atoms with Crippen molar-refractivity contribution in [3.63, 3.8) is 0 Å². The van der Waals surface area contributed by atoms with Crippen molar-refractivity contribution in [2.24, 2.45) is 10.9 Å². The first kappa shape index (κ1) is 14.9. The summed E-state index contributed by atoms with van der Waals surface area (Å²) in [6.45, 7) is 4.37. The second kappa shape index (κ2) is 6.33. The van der Waals surface area contributed by atoms with Crippen LogP contribution in [0, 0.1) is 11.7 Å². The van der Waals surface area contributed by atoms with E-state index in [0.717, 1.165) is 17.3 Å². The Labute approximate surface area is 126 Å². The zero-order chi connectivity index (χ0) is 14.0. The Hall–Kier alpha value is -0.450. The summed E-state index contributed by atoms with van der Waals surface area (Å²) in [5.74, 6) is 1.01. The Morgan fingerprint density at radius 2 is 2.05 bits per heavy atom. The van der Waals surface area contributed by atoms with Gasteiger partial charge in [-0.1, -0.05) is 48.8 Å². The summed E-state index contributed by atoms with van der Waals surface area (Å²) in [5, 5.41) is 3.99. The lowest BCUT2D eigenvalue weighted by Gasteiger charge is -2.08. The molecule has 0 spiro atoms. The zero-order valence-electron chi connectivity index (χ0n) is 10.7. The number of hydrogen-bond donors (Lipinski definition) is 1. The Kier molecular flexibility index (Phi) is 4.98. The lowest BCUT2D eigenvalue weighted by atomic mass is 10.1. The van der Waals surface area contributed by atoms with E-state index in [1.54, 1.807) is 11.8 Å². The van der Waals surface area contributed by atoms with Crippen molar-refractivity contribution in [1.29, 1.82) is 0 Å². The number of hydrogen-bond acceptors (Lipinski definition) is 3. The molecular weight excluding hydrogens is 306 g/mol. The summed E-state index contributed by atoms with van der Waals surface area (Å²) in [6, 6.07) is 3.38. The third-order valence-electron chi connectivity index (χ3n) is 2.69. The molecule has 2 nitrogen and oxygen atoms in total. The van der Waals surface area contributed by atoms with E-state index >= 15 is 0 Å². The monoisotopic (exact) mass is 320 g/mol. The SMILES string of the molecule is CC(C)CC1CSC(Nc2cc(Cl)c(F)c(Cl)c2)=N1. The maximum absolute atomic E-state index is 13.3. The van der Waals surface area contributed by atoms with Crippen LogP contribution < -0.4 is 5.32 Å². The highest BCUT2D eigenvalue weighted by Crippen LogP contribution is 2.29. The molecule has 0 fully saturated rings. The number of anilines is 1. The number of nitrogens with one attached hydrogen (secondary N) is 1. The van der Waals surface area contributed by atoms with Crippen LogP contribution in [0.25, 0.3) is 0 Å². The molecule has 0 bridgehead atoms. The Balaban J connectivity index is 2.06. The minimum Gasteiger partial charge on any atom is -0.335 e. The van der Waals surface area contributed by atoms with Crippen molar-refractivity contribution in [3.05, 3.63) is 28.0 Å². The minimum absolute atomic E-state index is 0.0114. The smallest absolute Gasteiger partial charge is 0.161 e. The van der Waals surface area contributed by atoms with Gasteiger partial charge in [0, 0.05) is 11.4 Å². The number of benzene rings is 1. The lowest BCUT2D eigenvalue weighted by molar-refractivity contribution is 0.529. The van der Waals surface area contributed by atoms with Crippen LogP contribution in [0.3, 0.4) is 0 Å². The number of amidine groups is 1. The van der Waals surface area contributed by atoms with Crippen molar-refractivity contribution in [2.45, 2.75) is 26.3 Å². The second-order valence-corrected chi connectivity index (χ2v) is 6.73. The van der Waals surface area contributed by atoms with E-state index in [1.807, 2.05) is 0 Å². The van der Waals surface area contributed by atoms with E-state index < -0.39 is 5.82 Å². The van der Waals surface area contributed by atoms with Gasteiger partial charge in [0.2, 0.25) is 0 Å². The third kappa shape index (κ3) is 4.01. The normalized spacial score (nSPS) is 18.8. The fraction of sp³-hybridized carbons (Fsp3) is 0.462. The first-order valence-corrected chi connectivity index (χ1v) is 7.82. The molecule has 6 heteroatoms. The average molecular weight is 321 g/mol. The molecular formula is C13H15Cl2FN2S. The standard InChI is InChI=1S/C13H15Cl2FN2S/c1-7(2)3-9-6-19-13(18-9)17-8-4-10(14)12(16)11(15)5-8/h4-5,7,9H,3,6H2,1-2H3,(H,17,18). The number of nitrogens with zero attached hydrogens (tertiary/aromatic N) is 1. The van der Waals surface area contributed by atoms with Gasteiger partial charge in [-0.05, 0) is 24.5 Å². The molecule has 1 aliphatic heterocycles. The number of aliphatic imine (C=N–C) groups is 1. The molecule has 0 saturated carbocycles. The first-order chi connectivity index (χ1) is 8.95. The maximum Gasteiger partial charge on any atom is 0.161 e. The molecule has 1 N–H and O–H groups in total. The molecule has 1 atom stereocenters. The van der Waals surface area contributed by atoms with Crippen molar-refractivity contribution in [1.82, 2.24) is 0 Å². The molecule has 0 radical (unpaired) electrons. The van der Waals surface area contributed by atoms with E-state index in [0.29, 0.717) is 17.6 Å². The van der Waals surface area contributed by atoms with Gasteiger partial charge in [0.05, 0.1) is 16.1 Å². The predicted octanol–water partition coefficient (Wildman–Crippen LogP) is 5.06. The van der Waals surface area contributed by atoms with Gasteiger partial charge in [-0.25, -0.2) is 4.39 Å². The van der Waals surface area contributed by atoms with Crippen LogP contribution in [0.2, 0.25) is 10.0 Å². The van der Waals surface area contributed by atoms with E-state index in [9.17, 15) is 4.39 Å². The van der Waals surface area contributed by atoms with Gasteiger partial charge in [0.1, 0.15) is 0 Å². The van der Waals surface area contributed by atoms with Crippen LogP contribution in [0.1, 0.15) is 20.3 Å². The highest BCUT2D eigenvalue weighted by atomic mass is 35.5. The van der Waals surface area contributed by atoms with Gasteiger partial charge in [-0.2, -0.15) is 0 Å². The molecule has 1 aliphatic rings. The number of halogens is 3. The fourth-order valence-electron chi connectivity index (χ4n) is 1.90. The molecule has 0 saturated heterocycles. The summed E-state index contributed by atoms with van der Waals surface area (Å²) in [7, 11) is 0. The number of thioether (sulfide) groups is 1. The van der Waals surface area contributed by atoms with E-state index in [1.165, 1.54) is 12.1 Å². The maximum atomic E-state index is 13.3. The third-order valence-corrected chi connectivity index (χ3v) is 4.27. The molecule has 0 aliphatic carbocycles. The predicted molar refractivity (Wildman–Crippen MR) is 83.2 cm³/mol. The van der Waals surface area contributed by atoms with Crippen LogP contribution in [0.15, 0.2) is 17.1 Å². The van der Waals surface area contributed by atoms with E-state index in [-0.39, 0.29) is 10.0 Å². The van der Waals surface area contributed by atoms with Gasteiger partial charge < -0.3 is 5.32 Å². The first-order valence-electron chi connectivity index (χ1n) is 6.08. The fourth-order valence-corrected chi connectivity index (χ4v) is 3.36. The zero-order valence-corrected chi connectivity index (χ0v) is 13.0. The molecule has 2 rings (SSSR count). The van der Waals surface area contributed by atoms with E-state index in [2.05, 4.69) is 24.2 Å². The summed E-state index contributed by atoms with van der Waals surface area (Å²) in [4.78, 5) is 4.59. The molecule has 1 unspecified atom stereocenters. The van der Waals surface area contributed by atoms with Crippen molar-refractivity contribution >= 4 is 45.8 Å². The number of rotatable bonds is 3. The highest BCUT2D eigenvalue weighted by molar-refractivity contribution is 8.14. The van der Waals surface area contributed by atoms with E-state index in [4.69, 9.17) is 23.2 Å². The van der Waals surface area contributed by atoms with Gasteiger partial charge in [-0.3, -0.25) is 4.99 Å². The van der Waals surface area contributed by atoms with Crippen molar-refractivity contribution in [3.8, 4) is 0 Å². The van der Waals surface area contributed by atoms with Crippen LogP contribution in [0.4, 0.5) is 10.1 Å². The summed E-state index contributed by atoms with van der Waals surface area (Å²) in [6.07, 6.45) is 1.07. The summed E-state index contributed by atoms with van der Waals surface area (Å²) < 4.78 is 13.3. The molecule has 104 valence electrons. The van der Waals surface area contributed by atoms with Gasteiger partial charge >= 0.3 is 0 Å². The molecule has 1 heterocycles. The summed E-state index contributed by atoms with van der Waals surface area (Å²) in [5.41, 5.74) is 0.660. The van der Waals surface area contributed by atoms with Gasteiger partial charge in [-0.15, -0.1) is 0 Å². The lowest BCUT2D eigenvalue weighted by Crippen LogP contribution is -2.08. The van der Waals surface area contributed by atoms with Crippen LogP contribution in [0.5, 0.6) is 0 Å². The van der Waals surface area contributed by atoms with Crippen molar-refractivity contribution in [2.75, 3.05) is 11.1 Å². The van der Waals surface area contributed by atoms with Crippen LogP contribution in [-0.2, 0) is 0 Å². The van der Waals surface area contributed by atoms with Gasteiger partial charge in [0.25, 0.3) is 0 Å².